The van der Waals surface area contributed by atoms with Crippen molar-refractivity contribution in [2.75, 3.05) is 13.2 Å². The molecule has 0 radical (unpaired) electrons. The molecule has 0 aliphatic heterocycles. The number of rotatable bonds is 8. The van der Waals surface area contributed by atoms with Gasteiger partial charge in [0.25, 0.3) is 0 Å². The van der Waals surface area contributed by atoms with E-state index in [-0.39, 0.29) is 25.4 Å². The Morgan fingerprint density at radius 1 is 1.16 bits per heavy atom. The van der Waals surface area contributed by atoms with Crippen molar-refractivity contribution in [2.45, 2.75) is 25.8 Å². The number of hydrogen-bond acceptors (Lipinski definition) is 3. The van der Waals surface area contributed by atoms with Crippen LogP contribution in [0.3, 0.4) is 0 Å². The minimum Gasteiger partial charge on any atom is -0.396 e. The van der Waals surface area contributed by atoms with Crippen molar-refractivity contribution in [1.29, 1.82) is 0 Å². The van der Waals surface area contributed by atoms with E-state index in [1.807, 2.05) is 30.3 Å². The van der Waals surface area contributed by atoms with Crippen molar-refractivity contribution in [2.24, 2.45) is 5.73 Å². The Morgan fingerprint density at radius 3 is 2.42 bits per heavy atom. The van der Waals surface area contributed by atoms with Crippen molar-refractivity contribution in [3.05, 3.63) is 35.9 Å². The van der Waals surface area contributed by atoms with Gasteiger partial charge in [-0.15, -0.1) is 0 Å². The first-order valence-electron chi connectivity index (χ1n) is 6.34. The van der Waals surface area contributed by atoms with E-state index in [2.05, 4.69) is 0 Å². The van der Waals surface area contributed by atoms with Gasteiger partial charge in [-0.3, -0.25) is 9.59 Å². The fourth-order valence-electron chi connectivity index (χ4n) is 1.73. The molecule has 0 aliphatic rings. The van der Waals surface area contributed by atoms with Crippen LogP contribution in [0.15, 0.2) is 30.3 Å². The smallest absolute Gasteiger partial charge is 0.222 e. The van der Waals surface area contributed by atoms with Crippen LogP contribution in [0.2, 0.25) is 0 Å². The predicted octanol–water partition coefficient (Wildman–Crippen LogP) is 0.663. The van der Waals surface area contributed by atoms with Gasteiger partial charge >= 0.3 is 0 Å². The molecule has 2 amide bonds. The molecule has 1 aromatic carbocycles. The Kier molecular flexibility index (Phi) is 6.60. The third-order valence-electron chi connectivity index (χ3n) is 2.75. The molecule has 3 N–H and O–H groups in total. The molecular weight excluding hydrogens is 244 g/mol. The summed E-state index contributed by atoms with van der Waals surface area (Å²) in [7, 11) is 0. The van der Waals surface area contributed by atoms with Gasteiger partial charge in [0.1, 0.15) is 0 Å². The first kappa shape index (κ1) is 15.2. The molecule has 0 saturated carbocycles. The highest BCUT2D eigenvalue weighted by molar-refractivity contribution is 5.78. The van der Waals surface area contributed by atoms with Crippen LogP contribution in [0.4, 0.5) is 0 Å². The van der Waals surface area contributed by atoms with Gasteiger partial charge in [-0.05, 0) is 12.0 Å². The minimum absolute atomic E-state index is 0.0132. The summed E-state index contributed by atoms with van der Waals surface area (Å²) in [6.07, 6.45) is 0.862. The van der Waals surface area contributed by atoms with E-state index in [0.717, 1.165) is 5.56 Å². The van der Waals surface area contributed by atoms with Gasteiger partial charge < -0.3 is 15.7 Å². The van der Waals surface area contributed by atoms with E-state index in [9.17, 15) is 9.59 Å². The van der Waals surface area contributed by atoms with Crippen molar-refractivity contribution in [1.82, 2.24) is 4.90 Å². The van der Waals surface area contributed by atoms with E-state index < -0.39 is 5.91 Å². The third kappa shape index (κ3) is 6.01. The van der Waals surface area contributed by atoms with Gasteiger partial charge in [-0.25, -0.2) is 0 Å². The molecule has 0 fully saturated rings. The Labute approximate surface area is 113 Å². The van der Waals surface area contributed by atoms with Crippen LogP contribution in [0.25, 0.3) is 0 Å². The molecule has 0 saturated heterocycles. The van der Waals surface area contributed by atoms with Gasteiger partial charge in [0, 0.05) is 32.5 Å². The maximum absolute atomic E-state index is 12.0. The number of nitrogens with zero attached hydrogens (tertiary/aromatic N) is 1. The van der Waals surface area contributed by atoms with E-state index in [0.29, 0.717) is 19.5 Å². The fraction of sp³-hybridized carbons (Fsp3) is 0.429. The second-order valence-corrected chi connectivity index (χ2v) is 4.34. The highest BCUT2D eigenvalue weighted by Gasteiger charge is 2.14. The summed E-state index contributed by atoms with van der Waals surface area (Å²) in [5.41, 5.74) is 6.12. The average molecular weight is 264 g/mol. The lowest BCUT2D eigenvalue weighted by atomic mass is 10.2. The molecule has 0 bridgehead atoms. The van der Waals surface area contributed by atoms with Gasteiger partial charge in [-0.2, -0.15) is 0 Å². The minimum atomic E-state index is -0.423. The standard InChI is InChI=1S/C14H20N2O3/c15-13(18)8-9-16(14(19)7-4-10-17)11-12-5-2-1-3-6-12/h1-3,5-6,17H,4,7-11H2,(H2,15,18). The molecule has 1 rings (SSSR count). The van der Waals surface area contributed by atoms with Gasteiger partial charge in [0.15, 0.2) is 0 Å². The zero-order valence-corrected chi connectivity index (χ0v) is 10.9. The van der Waals surface area contributed by atoms with Crippen LogP contribution in [0.5, 0.6) is 0 Å². The van der Waals surface area contributed by atoms with Crippen molar-refractivity contribution in [3.63, 3.8) is 0 Å². The van der Waals surface area contributed by atoms with Crippen molar-refractivity contribution in [3.8, 4) is 0 Å². The van der Waals surface area contributed by atoms with Gasteiger partial charge in [0.05, 0.1) is 0 Å². The molecule has 0 unspecified atom stereocenters. The molecular formula is C14H20N2O3. The summed E-state index contributed by atoms with van der Waals surface area (Å²) < 4.78 is 0. The van der Waals surface area contributed by atoms with Gasteiger partial charge in [0.2, 0.25) is 11.8 Å². The zero-order valence-electron chi connectivity index (χ0n) is 10.9. The molecule has 1 aromatic rings. The Balaban J connectivity index is 2.62. The second kappa shape index (κ2) is 8.26. The summed E-state index contributed by atoms with van der Waals surface area (Å²) >= 11 is 0. The number of hydrogen-bond donors (Lipinski definition) is 2. The van der Waals surface area contributed by atoms with Crippen LogP contribution in [-0.4, -0.2) is 35.0 Å². The molecule has 19 heavy (non-hydrogen) atoms. The molecule has 0 spiro atoms. The number of carbonyl (C=O) groups is 2. The zero-order chi connectivity index (χ0) is 14.1. The number of aliphatic hydroxyl groups is 1. The molecule has 0 heterocycles. The van der Waals surface area contributed by atoms with E-state index >= 15 is 0 Å². The third-order valence-corrected chi connectivity index (χ3v) is 2.75. The topological polar surface area (TPSA) is 83.6 Å². The summed E-state index contributed by atoms with van der Waals surface area (Å²) in [6.45, 7) is 0.758. The summed E-state index contributed by atoms with van der Waals surface area (Å²) in [5, 5.41) is 8.76. The predicted molar refractivity (Wildman–Crippen MR) is 72.0 cm³/mol. The lowest BCUT2D eigenvalue weighted by Gasteiger charge is -2.22. The van der Waals surface area contributed by atoms with Crippen LogP contribution in [-0.2, 0) is 16.1 Å². The molecule has 5 nitrogen and oxygen atoms in total. The summed E-state index contributed by atoms with van der Waals surface area (Å²) in [5.74, 6) is -0.493. The number of benzene rings is 1. The molecule has 104 valence electrons. The van der Waals surface area contributed by atoms with E-state index in [4.69, 9.17) is 10.8 Å². The Hall–Kier alpha value is -1.88. The van der Waals surface area contributed by atoms with E-state index in [1.165, 1.54) is 0 Å². The van der Waals surface area contributed by atoms with Crippen LogP contribution >= 0.6 is 0 Å². The number of carbonyl (C=O) groups excluding carboxylic acids is 2. The van der Waals surface area contributed by atoms with Crippen LogP contribution < -0.4 is 5.73 Å². The molecule has 0 aliphatic carbocycles. The van der Waals surface area contributed by atoms with E-state index in [1.54, 1.807) is 4.90 Å². The maximum atomic E-state index is 12.0. The number of amides is 2. The first-order valence-corrected chi connectivity index (χ1v) is 6.34. The second-order valence-electron chi connectivity index (χ2n) is 4.34. The molecule has 0 aromatic heterocycles. The molecule has 5 heteroatoms. The highest BCUT2D eigenvalue weighted by Crippen LogP contribution is 2.07. The van der Waals surface area contributed by atoms with Crippen LogP contribution in [0.1, 0.15) is 24.8 Å². The average Bonchev–Trinajstić information content (AvgIpc) is 2.41. The quantitative estimate of drug-likeness (QED) is 0.723. The number of primary amides is 1. The number of nitrogens with two attached hydrogens (primary N) is 1. The fourth-order valence-corrected chi connectivity index (χ4v) is 1.73. The van der Waals surface area contributed by atoms with Gasteiger partial charge in [-0.1, -0.05) is 30.3 Å². The lowest BCUT2D eigenvalue weighted by molar-refractivity contribution is -0.132. The SMILES string of the molecule is NC(=O)CCN(Cc1ccccc1)C(=O)CCCO. The van der Waals surface area contributed by atoms with Crippen molar-refractivity contribution < 1.29 is 14.7 Å². The van der Waals surface area contributed by atoms with Crippen LogP contribution in [0, 0.1) is 0 Å². The maximum Gasteiger partial charge on any atom is 0.222 e. The Bertz CT molecular complexity index is 406. The largest absolute Gasteiger partial charge is 0.396 e. The molecule has 0 atom stereocenters. The summed E-state index contributed by atoms with van der Waals surface area (Å²) in [6, 6.07) is 9.57. The monoisotopic (exact) mass is 264 g/mol. The summed E-state index contributed by atoms with van der Waals surface area (Å²) in [4.78, 5) is 24.4. The first-order chi connectivity index (χ1) is 9.13. The highest BCUT2D eigenvalue weighted by atomic mass is 16.3. The van der Waals surface area contributed by atoms with Crippen molar-refractivity contribution >= 4 is 11.8 Å². The normalized spacial score (nSPS) is 10.2. The Morgan fingerprint density at radius 2 is 1.84 bits per heavy atom. The number of aliphatic hydroxyl groups excluding tert-OH is 1. The lowest BCUT2D eigenvalue weighted by Crippen LogP contribution is -2.33.